The van der Waals surface area contributed by atoms with Gasteiger partial charge in [0.05, 0.1) is 42.1 Å². The van der Waals surface area contributed by atoms with E-state index in [0.29, 0.717) is 12.1 Å². The molecule has 1 aliphatic rings. The number of aryl methyl sites for hydroxylation is 2. The van der Waals surface area contributed by atoms with Crippen LogP contribution in [0.25, 0.3) is 0 Å². The molecule has 0 N–H and O–H groups in total. The lowest BCUT2D eigenvalue weighted by Gasteiger charge is -2.33. The summed E-state index contributed by atoms with van der Waals surface area (Å²) in [6.45, 7) is 1.96. The minimum Gasteiger partial charge on any atom is -0.449 e. The van der Waals surface area contributed by atoms with E-state index in [9.17, 15) is 44.3 Å². The van der Waals surface area contributed by atoms with Crippen molar-refractivity contribution >= 4 is 17.7 Å². The first-order chi connectivity index (χ1) is 19.9. The van der Waals surface area contributed by atoms with Crippen molar-refractivity contribution in [3.63, 3.8) is 0 Å². The van der Waals surface area contributed by atoms with Crippen LogP contribution in [-0.4, -0.2) is 39.5 Å². The quantitative estimate of drug-likeness (QED) is 0.283. The Labute approximate surface area is 239 Å². The number of carbonyl (C=O) groups is 1. The Kier molecular flexibility index (Phi) is 8.57. The number of tetrazole rings is 1. The Hall–Kier alpha value is -4.05. The van der Waals surface area contributed by atoms with Gasteiger partial charge in [-0.1, -0.05) is 11.2 Å². The van der Waals surface area contributed by atoms with Gasteiger partial charge in [0.2, 0.25) is 0 Å². The van der Waals surface area contributed by atoms with Gasteiger partial charge in [-0.15, -0.1) is 5.10 Å². The van der Waals surface area contributed by atoms with Crippen LogP contribution in [0.2, 0.25) is 0 Å². The molecule has 0 saturated heterocycles. The largest absolute Gasteiger partial charge is 0.449 e. The lowest BCUT2D eigenvalue weighted by Crippen LogP contribution is -2.33. The fourth-order valence-corrected chi connectivity index (χ4v) is 4.97. The van der Waals surface area contributed by atoms with Crippen LogP contribution in [0.3, 0.4) is 0 Å². The van der Waals surface area contributed by atoms with Crippen molar-refractivity contribution < 1.29 is 49.0 Å². The van der Waals surface area contributed by atoms with Crippen LogP contribution in [0.1, 0.15) is 59.2 Å². The number of hydrogen-bond donors (Lipinski definition) is 0. The summed E-state index contributed by atoms with van der Waals surface area (Å²) in [7, 11) is 1.38. The average molecular weight is 625 g/mol. The van der Waals surface area contributed by atoms with Gasteiger partial charge in [-0.3, -0.25) is 4.90 Å². The van der Waals surface area contributed by atoms with Gasteiger partial charge in [-0.05, 0) is 72.9 Å². The smallest absolute Gasteiger partial charge is 0.416 e. The molecular formula is C26H25F9N6O2. The zero-order valence-corrected chi connectivity index (χ0v) is 22.9. The third kappa shape index (κ3) is 6.96. The van der Waals surface area contributed by atoms with E-state index < -0.39 is 59.5 Å². The zero-order chi connectivity index (χ0) is 31.9. The van der Waals surface area contributed by atoms with E-state index in [4.69, 9.17) is 4.74 Å². The number of rotatable bonds is 5. The van der Waals surface area contributed by atoms with E-state index in [-0.39, 0.29) is 54.8 Å². The SMILES string of the molecule is CCOC(=O)N1CCC[C@H](N(Cc2cc(C(F)(F)F)cc(C(F)(F)F)c2)c2nnn(C)n2)c2cc(C)c(C(F)(F)F)cc21. The minimum absolute atomic E-state index is 0.00535. The second-order valence-electron chi connectivity index (χ2n) is 9.85. The van der Waals surface area contributed by atoms with Crippen molar-refractivity contribution in [2.45, 2.75) is 57.8 Å². The highest BCUT2D eigenvalue weighted by Crippen LogP contribution is 2.44. The van der Waals surface area contributed by atoms with E-state index in [0.717, 1.165) is 15.8 Å². The number of benzene rings is 2. The molecule has 1 atom stereocenters. The summed E-state index contributed by atoms with van der Waals surface area (Å²) in [5.74, 6) is -0.202. The molecule has 0 bridgehead atoms. The number of hydrogen-bond acceptors (Lipinski definition) is 6. The van der Waals surface area contributed by atoms with Gasteiger partial charge in [0.25, 0.3) is 5.95 Å². The molecule has 0 unspecified atom stereocenters. The highest BCUT2D eigenvalue weighted by Gasteiger charge is 2.40. The fourth-order valence-electron chi connectivity index (χ4n) is 4.97. The molecule has 2 aromatic carbocycles. The maximum absolute atomic E-state index is 13.9. The molecule has 0 radical (unpaired) electrons. The number of ether oxygens (including phenoxy) is 1. The molecule has 0 spiro atoms. The number of carbonyl (C=O) groups excluding carboxylic acids is 1. The van der Waals surface area contributed by atoms with Crippen LogP contribution in [0, 0.1) is 6.92 Å². The molecule has 1 aliphatic heterocycles. The first-order valence-corrected chi connectivity index (χ1v) is 12.8. The maximum atomic E-state index is 13.9. The van der Waals surface area contributed by atoms with Crippen LogP contribution in [0.5, 0.6) is 0 Å². The van der Waals surface area contributed by atoms with Crippen molar-refractivity contribution in [3.8, 4) is 0 Å². The van der Waals surface area contributed by atoms with E-state index in [1.165, 1.54) is 31.9 Å². The minimum atomic E-state index is -5.11. The number of amides is 1. The van der Waals surface area contributed by atoms with Gasteiger partial charge < -0.3 is 9.64 Å². The number of fused-ring (bicyclic) bond motifs is 1. The first kappa shape index (κ1) is 31.9. The monoisotopic (exact) mass is 624 g/mol. The van der Waals surface area contributed by atoms with Crippen LogP contribution >= 0.6 is 0 Å². The maximum Gasteiger partial charge on any atom is 0.416 e. The van der Waals surface area contributed by atoms with E-state index in [1.807, 2.05) is 0 Å². The molecule has 43 heavy (non-hydrogen) atoms. The number of aromatic nitrogens is 4. The molecule has 17 heteroatoms. The van der Waals surface area contributed by atoms with Crippen molar-refractivity contribution in [2.75, 3.05) is 23.0 Å². The first-order valence-electron chi connectivity index (χ1n) is 12.8. The Bertz CT molecular complexity index is 1450. The van der Waals surface area contributed by atoms with Crippen molar-refractivity contribution in [1.82, 2.24) is 20.2 Å². The molecule has 234 valence electrons. The molecule has 4 rings (SSSR count). The van der Waals surface area contributed by atoms with Gasteiger partial charge in [0.15, 0.2) is 0 Å². The summed E-state index contributed by atoms with van der Waals surface area (Å²) in [4.78, 5) is 16.1. The molecule has 0 aliphatic carbocycles. The summed E-state index contributed by atoms with van der Waals surface area (Å²) in [5.41, 5.74) is -4.76. The number of halogens is 9. The van der Waals surface area contributed by atoms with Gasteiger partial charge in [0.1, 0.15) is 0 Å². The standard InChI is InChI=1S/C26H25F9N6O2/c1-4-43-23(42)40-7-5-6-20(18-8-14(2)19(12-21(18)40)26(33,34)35)41(22-36-38-39(3)37-22)13-15-9-16(24(27,28)29)11-17(10-15)25(30,31)32/h8-12,20H,4-7,13H2,1-3H3/t20-/m0/s1. The normalized spacial score (nSPS) is 16.1. The second-order valence-corrected chi connectivity index (χ2v) is 9.85. The number of alkyl halides is 9. The Morgan fingerprint density at radius 2 is 1.60 bits per heavy atom. The summed E-state index contributed by atoms with van der Waals surface area (Å²) in [5, 5.41) is 11.7. The van der Waals surface area contributed by atoms with Crippen LogP contribution in [0.4, 0.5) is 55.9 Å². The van der Waals surface area contributed by atoms with E-state index >= 15 is 0 Å². The van der Waals surface area contributed by atoms with Gasteiger partial charge in [-0.25, -0.2) is 4.79 Å². The van der Waals surface area contributed by atoms with Crippen molar-refractivity contribution in [2.24, 2.45) is 7.05 Å². The molecule has 2 heterocycles. The van der Waals surface area contributed by atoms with E-state index in [2.05, 4.69) is 15.4 Å². The highest BCUT2D eigenvalue weighted by atomic mass is 19.4. The summed E-state index contributed by atoms with van der Waals surface area (Å²) in [6, 6.07) is 2.08. The van der Waals surface area contributed by atoms with Gasteiger partial charge in [-0.2, -0.15) is 44.3 Å². The Morgan fingerprint density at radius 1 is 0.977 bits per heavy atom. The molecule has 0 fully saturated rings. The topological polar surface area (TPSA) is 76.4 Å². The molecule has 3 aromatic rings. The number of anilines is 2. The van der Waals surface area contributed by atoms with Gasteiger partial charge >= 0.3 is 24.6 Å². The van der Waals surface area contributed by atoms with Crippen LogP contribution in [0.15, 0.2) is 30.3 Å². The fraction of sp³-hybridized carbons (Fsp3) is 0.462. The van der Waals surface area contributed by atoms with E-state index in [1.54, 1.807) is 0 Å². The summed E-state index contributed by atoms with van der Waals surface area (Å²) >= 11 is 0. The Balaban J connectivity index is 1.92. The molecule has 8 nitrogen and oxygen atoms in total. The van der Waals surface area contributed by atoms with Crippen molar-refractivity contribution in [3.05, 3.63) is 63.7 Å². The van der Waals surface area contributed by atoms with Crippen LogP contribution in [-0.2, 0) is 36.9 Å². The molecular weight excluding hydrogens is 599 g/mol. The predicted molar refractivity (Wildman–Crippen MR) is 134 cm³/mol. The third-order valence-electron chi connectivity index (χ3n) is 6.81. The second kappa shape index (κ2) is 11.6. The third-order valence-corrected chi connectivity index (χ3v) is 6.81. The molecule has 0 saturated carbocycles. The molecule has 1 amide bonds. The lowest BCUT2D eigenvalue weighted by atomic mass is 9.94. The average Bonchev–Trinajstić information content (AvgIpc) is 3.23. The van der Waals surface area contributed by atoms with Crippen LogP contribution < -0.4 is 9.80 Å². The summed E-state index contributed by atoms with van der Waals surface area (Å²) in [6.07, 6.45) is -15.6. The Morgan fingerprint density at radius 3 is 2.12 bits per heavy atom. The van der Waals surface area contributed by atoms with Gasteiger partial charge in [0, 0.05) is 13.1 Å². The predicted octanol–water partition coefficient (Wildman–Crippen LogP) is 7.08. The van der Waals surface area contributed by atoms with Crippen molar-refractivity contribution in [1.29, 1.82) is 0 Å². The lowest BCUT2D eigenvalue weighted by molar-refractivity contribution is -0.143. The molecule has 1 aromatic heterocycles. The highest BCUT2D eigenvalue weighted by molar-refractivity contribution is 5.89. The summed E-state index contributed by atoms with van der Waals surface area (Å²) < 4.78 is 128. The number of nitrogens with zero attached hydrogens (tertiary/aromatic N) is 6. The zero-order valence-electron chi connectivity index (χ0n) is 22.9.